The van der Waals surface area contributed by atoms with E-state index in [0.717, 1.165) is 56.5 Å². The van der Waals surface area contributed by atoms with Gasteiger partial charge in [-0.25, -0.2) is 4.39 Å². The quantitative estimate of drug-likeness (QED) is 0.640. The normalized spacial score (nSPS) is 16.1. The SMILES string of the molecule is CN=C(NCc1ccc(OC)c(F)c1)N(C)CCC1CCOCC1. The van der Waals surface area contributed by atoms with Crippen molar-refractivity contribution in [1.29, 1.82) is 0 Å². The number of hydrogen-bond acceptors (Lipinski definition) is 3. The fourth-order valence-corrected chi connectivity index (χ4v) is 2.90. The molecule has 24 heavy (non-hydrogen) atoms. The summed E-state index contributed by atoms with van der Waals surface area (Å²) in [4.78, 5) is 6.43. The van der Waals surface area contributed by atoms with Gasteiger partial charge in [-0.1, -0.05) is 6.07 Å². The minimum Gasteiger partial charge on any atom is -0.494 e. The molecule has 1 N–H and O–H groups in total. The number of rotatable bonds is 6. The highest BCUT2D eigenvalue weighted by atomic mass is 19.1. The first kappa shape index (κ1) is 18.5. The summed E-state index contributed by atoms with van der Waals surface area (Å²) in [7, 11) is 5.26. The molecule has 5 nitrogen and oxygen atoms in total. The van der Waals surface area contributed by atoms with E-state index < -0.39 is 0 Å². The summed E-state index contributed by atoms with van der Waals surface area (Å²) in [5.74, 6) is 1.46. The monoisotopic (exact) mass is 337 g/mol. The summed E-state index contributed by atoms with van der Waals surface area (Å²) in [6, 6.07) is 4.98. The van der Waals surface area contributed by atoms with E-state index in [4.69, 9.17) is 9.47 Å². The van der Waals surface area contributed by atoms with E-state index in [-0.39, 0.29) is 11.6 Å². The maximum absolute atomic E-state index is 13.7. The molecule has 0 spiro atoms. The summed E-state index contributed by atoms with van der Waals surface area (Å²) in [5.41, 5.74) is 0.854. The van der Waals surface area contributed by atoms with Gasteiger partial charge in [0.15, 0.2) is 17.5 Å². The van der Waals surface area contributed by atoms with Crippen molar-refractivity contribution in [3.63, 3.8) is 0 Å². The van der Waals surface area contributed by atoms with Crippen LogP contribution in [0.4, 0.5) is 4.39 Å². The van der Waals surface area contributed by atoms with Gasteiger partial charge in [0, 0.05) is 40.4 Å². The topological polar surface area (TPSA) is 46.1 Å². The fourth-order valence-electron chi connectivity index (χ4n) is 2.90. The second-order valence-corrected chi connectivity index (χ2v) is 6.14. The minimum absolute atomic E-state index is 0.261. The molecule has 1 aromatic carbocycles. The van der Waals surface area contributed by atoms with Crippen LogP contribution in [0.3, 0.4) is 0 Å². The van der Waals surface area contributed by atoms with Crippen LogP contribution in [0.1, 0.15) is 24.8 Å². The zero-order valence-corrected chi connectivity index (χ0v) is 14.8. The number of guanidine groups is 1. The molecule has 0 amide bonds. The number of hydrogen-bond donors (Lipinski definition) is 1. The molecule has 0 unspecified atom stereocenters. The van der Waals surface area contributed by atoms with Crippen LogP contribution >= 0.6 is 0 Å². The Morgan fingerprint density at radius 3 is 2.79 bits per heavy atom. The van der Waals surface area contributed by atoms with E-state index in [1.165, 1.54) is 13.2 Å². The summed E-state index contributed by atoms with van der Waals surface area (Å²) >= 11 is 0. The summed E-state index contributed by atoms with van der Waals surface area (Å²) in [5, 5.41) is 3.28. The Labute approximate surface area is 143 Å². The zero-order chi connectivity index (χ0) is 17.4. The summed E-state index contributed by atoms with van der Waals surface area (Å²) in [6.45, 7) is 3.23. The van der Waals surface area contributed by atoms with Gasteiger partial charge in [-0.2, -0.15) is 0 Å². The van der Waals surface area contributed by atoms with Gasteiger partial charge in [0.25, 0.3) is 0 Å². The molecule has 0 atom stereocenters. The van der Waals surface area contributed by atoms with Crippen molar-refractivity contribution >= 4 is 5.96 Å². The molecule has 0 saturated carbocycles. The van der Waals surface area contributed by atoms with E-state index in [9.17, 15) is 4.39 Å². The standard InChI is InChI=1S/C18H28FN3O2/c1-20-18(22(2)9-6-14-7-10-24-11-8-14)21-13-15-4-5-17(23-3)16(19)12-15/h4-5,12,14H,6-11,13H2,1-3H3,(H,20,21). The lowest BCUT2D eigenvalue weighted by Crippen LogP contribution is -2.39. The van der Waals surface area contributed by atoms with Gasteiger partial charge in [-0.05, 0) is 42.9 Å². The molecule has 1 aliphatic rings. The Morgan fingerprint density at radius 1 is 1.42 bits per heavy atom. The Hall–Kier alpha value is -1.82. The highest BCUT2D eigenvalue weighted by Crippen LogP contribution is 2.19. The second-order valence-electron chi connectivity index (χ2n) is 6.14. The van der Waals surface area contributed by atoms with Crippen molar-refractivity contribution in [2.75, 3.05) is 41.0 Å². The van der Waals surface area contributed by atoms with Crippen molar-refractivity contribution in [2.45, 2.75) is 25.8 Å². The first-order chi connectivity index (χ1) is 11.6. The van der Waals surface area contributed by atoms with Crippen LogP contribution in [-0.2, 0) is 11.3 Å². The molecule has 6 heteroatoms. The third-order valence-corrected chi connectivity index (χ3v) is 4.45. The van der Waals surface area contributed by atoms with Gasteiger partial charge < -0.3 is 19.7 Å². The van der Waals surface area contributed by atoms with E-state index >= 15 is 0 Å². The molecule has 0 aromatic heterocycles. The number of nitrogens with one attached hydrogen (secondary N) is 1. The molecule has 1 saturated heterocycles. The molecular formula is C18H28FN3O2. The Bertz CT molecular complexity index is 545. The van der Waals surface area contributed by atoms with E-state index in [0.29, 0.717) is 6.54 Å². The molecule has 1 fully saturated rings. The van der Waals surface area contributed by atoms with Crippen LogP contribution in [0.15, 0.2) is 23.2 Å². The Balaban J connectivity index is 1.81. The van der Waals surface area contributed by atoms with Crippen molar-refractivity contribution in [3.05, 3.63) is 29.6 Å². The minimum atomic E-state index is -0.348. The third kappa shape index (κ3) is 5.37. The zero-order valence-electron chi connectivity index (χ0n) is 14.8. The molecule has 1 aromatic rings. The van der Waals surface area contributed by atoms with Gasteiger partial charge >= 0.3 is 0 Å². The Kier molecular flexibility index (Phi) is 7.31. The van der Waals surface area contributed by atoms with Crippen LogP contribution < -0.4 is 10.1 Å². The molecule has 1 aliphatic heterocycles. The highest BCUT2D eigenvalue weighted by Gasteiger charge is 2.15. The lowest BCUT2D eigenvalue weighted by molar-refractivity contribution is 0.0625. The molecular weight excluding hydrogens is 309 g/mol. The molecule has 0 aliphatic carbocycles. The number of aliphatic imine (C=N–C) groups is 1. The molecule has 0 bridgehead atoms. The van der Waals surface area contributed by atoms with E-state index in [2.05, 4.69) is 15.2 Å². The van der Waals surface area contributed by atoms with Gasteiger partial charge in [0.2, 0.25) is 0 Å². The Morgan fingerprint density at radius 2 is 2.17 bits per heavy atom. The van der Waals surface area contributed by atoms with Crippen molar-refractivity contribution in [3.8, 4) is 5.75 Å². The highest BCUT2D eigenvalue weighted by molar-refractivity contribution is 5.79. The molecule has 134 valence electrons. The summed E-state index contributed by atoms with van der Waals surface area (Å²) in [6.07, 6.45) is 3.42. The van der Waals surface area contributed by atoms with Crippen molar-refractivity contribution in [1.82, 2.24) is 10.2 Å². The lowest BCUT2D eigenvalue weighted by Gasteiger charge is -2.26. The van der Waals surface area contributed by atoms with Crippen LogP contribution in [0.2, 0.25) is 0 Å². The van der Waals surface area contributed by atoms with Crippen molar-refractivity contribution in [2.24, 2.45) is 10.9 Å². The number of methoxy groups -OCH3 is 1. The van der Waals surface area contributed by atoms with Crippen LogP contribution in [0.5, 0.6) is 5.75 Å². The maximum Gasteiger partial charge on any atom is 0.193 e. The number of benzene rings is 1. The van der Waals surface area contributed by atoms with Gasteiger partial charge in [-0.3, -0.25) is 4.99 Å². The fraction of sp³-hybridized carbons (Fsp3) is 0.611. The van der Waals surface area contributed by atoms with Crippen LogP contribution in [-0.4, -0.2) is 51.8 Å². The first-order valence-corrected chi connectivity index (χ1v) is 8.46. The molecule has 2 rings (SSSR count). The van der Waals surface area contributed by atoms with Gasteiger partial charge in [-0.15, -0.1) is 0 Å². The van der Waals surface area contributed by atoms with E-state index in [1.807, 2.05) is 13.1 Å². The maximum atomic E-state index is 13.7. The molecule has 0 radical (unpaired) electrons. The second kappa shape index (κ2) is 9.47. The number of nitrogens with zero attached hydrogens (tertiary/aromatic N) is 2. The third-order valence-electron chi connectivity index (χ3n) is 4.45. The van der Waals surface area contributed by atoms with Crippen LogP contribution in [0.25, 0.3) is 0 Å². The largest absolute Gasteiger partial charge is 0.494 e. The lowest BCUT2D eigenvalue weighted by atomic mass is 9.96. The van der Waals surface area contributed by atoms with Crippen molar-refractivity contribution < 1.29 is 13.9 Å². The van der Waals surface area contributed by atoms with E-state index in [1.54, 1.807) is 13.1 Å². The predicted octanol–water partition coefficient (Wildman–Crippen LogP) is 2.66. The predicted molar refractivity (Wildman–Crippen MR) is 93.9 cm³/mol. The number of halogens is 1. The first-order valence-electron chi connectivity index (χ1n) is 8.46. The average Bonchev–Trinajstić information content (AvgIpc) is 2.61. The average molecular weight is 337 g/mol. The number of ether oxygens (including phenoxy) is 2. The smallest absolute Gasteiger partial charge is 0.193 e. The molecule has 1 heterocycles. The van der Waals surface area contributed by atoms with Gasteiger partial charge in [0.1, 0.15) is 0 Å². The van der Waals surface area contributed by atoms with Gasteiger partial charge in [0.05, 0.1) is 7.11 Å². The summed E-state index contributed by atoms with van der Waals surface area (Å²) < 4.78 is 24.1. The van der Waals surface area contributed by atoms with Crippen LogP contribution in [0, 0.1) is 11.7 Å².